The van der Waals surface area contributed by atoms with Crippen molar-refractivity contribution >= 4 is 38.8 Å². The second-order valence-corrected chi connectivity index (χ2v) is 5.85. The van der Waals surface area contributed by atoms with E-state index in [9.17, 15) is 14.0 Å². The minimum absolute atomic E-state index is 0.239. The molecule has 0 radical (unpaired) electrons. The van der Waals surface area contributed by atoms with E-state index in [-0.39, 0.29) is 11.4 Å². The second kappa shape index (κ2) is 5.27. The number of aryl methyl sites for hydroxylation is 1. The van der Waals surface area contributed by atoms with E-state index < -0.39 is 5.91 Å². The van der Waals surface area contributed by atoms with Gasteiger partial charge in [0.05, 0.1) is 5.69 Å². The summed E-state index contributed by atoms with van der Waals surface area (Å²) in [5, 5.41) is 3.33. The number of hydrogen-bond acceptors (Lipinski definition) is 4. The van der Waals surface area contributed by atoms with Gasteiger partial charge in [0.25, 0.3) is 5.91 Å². The van der Waals surface area contributed by atoms with Crippen molar-refractivity contribution in [3.05, 3.63) is 56.9 Å². The van der Waals surface area contributed by atoms with Crippen LogP contribution in [0, 0.1) is 12.7 Å². The third-order valence-corrected chi connectivity index (χ3v) is 4.35. The smallest absolute Gasteiger partial charge is 0.267 e. The Morgan fingerprint density at radius 2 is 2.00 bits per heavy atom. The highest BCUT2D eigenvalue weighted by molar-refractivity contribution is 7.21. The Labute approximate surface area is 128 Å². The molecule has 3 rings (SSSR count). The van der Waals surface area contributed by atoms with Gasteiger partial charge in [0.2, 0.25) is 5.56 Å². The summed E-state index contributed by atoms with van der Waals surface area (Å²) in [6, 6.07) is 6.87. The summed E-state index contributed by atoms with van der Waals surface area (Å²) in [6.45, 7) is 1.77. The molecule has 0 aliphatic carbocycles. The minimum Gasteiger partial charge on any atom is -0.397 e. The van der Waals surface area contributed by atoms with Gasteiger partial charge in [-0.2, -0.15) is 0 Å². The molecule has 4 N–H and O–H groups in total. The van der Waals surface area contributed by atoms with E-state index in [0.29, 0.717) is 32.0 Å². The topological polar surface area (TPSA) is 88.0 Å². The maximum atomic E-state index is 12.9. The molecule has 0 fully saturated rings. The zero-order valence-corrected chi connectivity index (χ0v) is 12.4. The van der Waals surface area contributed by atoms with E-state index in [1.54, 1.807) is 6.92 Å². The summed E-state index contributed by atoms with van der Waals surface area (Å²) >= 11 is 1.12. The van der Waals surface area contributed by atoms with E-state index in [1.165, 1.54) is 30.3 Å². The van der Waals surface area contributed by atoms with E-state index in [2.05, 4.69) is 10.3 Å². The number of pyridine rings is 1. The first-order valence-electron chi connectivity index (χ1n) is 6.44. The molecule has 0 atom stereocenters. The third-order valence-electron chi connectivity index (χ3n) is 3.23. The van der Waals surface area contributed by atoms with Gasteiger partial charge in [-0.1, -0.05) is 0 Å². The largest absolute Gasteiger partial charge is 0.397 e. The number of halogens is 1. The van der Waals surface area contributed by atoms with Gasteiger partial charge in [-0.15, -0.1) is 11.3 Å². The van der Waals surface area contributed by atoms with E-state index in [4.69, 9.17) is 5.73 Å². The molecular formula is C15H12FN3O2S. The number of amides is 1. The summed E-state index contributed by atoms with van der Waals surface area (Å²) in [5.74, 6) is -0.780. The first-order valence-corrected chi connectivity index (χ1v) is 7.26. The Morgan fingerprint density at radius 1 is 1.32 bits per heavy atom. The van der Waals surface area contributed by atoms with Gasteiger partial charge in [-0.05, 0) is 36.8 Å². The zero-order chi connectivity index (χ0) is 15.9. The first kappa shape index (κ1) is 14.3. The van der Waals surface area contributed by atoms with Crippen LogP contribution in [0.5, 0.6) is 0 Å². The number of nitrogens with two attached hydrogens (primary N) is 1. The maximum Gasteiger partial charge on any atom is 0.267 e. The molecule has 0 aliphatic heterocycles. The van der Waals surface area contributed by atoms with Crippen LogP contribution in [-0.4, -0.2) is 10.9 Å². The molecule has 3 aromatic rings. The van der Waals surface area contributed by atoms with Crippen molar-refractivity contribution in [3.63, 3.8) is 0 Å². The number of aromatic amines is 1. The number of nitrogens with one attached hydrogen (secondary N) is 2. The quantitative estimate of drug-likeness (QED) is 0.679. The molecule has 0 unspecified atom stereocenters. The summed E-state index contributed by atoms with van der Waals surface area (Å²) in [4.78, 5) is 27.4. The van der Waals surface area contributed by atoms with Crippen molar-refractivity contribution in [1.29, 1.82) is 0 Å². The van der Waals surface area contributed by atoms with Crippen LogP contribution in [0.3, 0.4) is 0 Å². The van der Waals surface area contributed by atoms with Crippen molar-refractivity contribution in [2.75, 3.05) is 11.1 Å². The predicted molar refractivity (Wildman–Crippen MR) is 85.9 cm³/mol. The molecule has 2 aromatic heterocycles. The maximum absolute atomic E-state index is 12.9. The van der Waals surface area contributed by atoms with Crippen LogP contribution in [0.4, 0.5) is 15.8 Å². The summed E-state index contributed by atoms with van der Waals surface area (Å²) in [5.41, 5.74) is 7.31. The molecule has 7 heteroatoms. The number of benzene rings is 1. The van der Waals surface area contributed by atoms with Gasteiger partial charge in [0, 0.05) is 17.1 Å². The monoisotopic (exact) mass is 317 g/mol. The van der Waals surface area contributed by atoms with E-state index >= 15 is 0 Å². The fourth-order valence-electron chi connectivity index (χ4n) is 2.23. The molecule has 1 amide bonds. The molecule has 22 heavy (non-hydrogen) atoms. The lowest BCUT2D eigenvalue weighted by Gasteiger charge is -2.04. The molecule has 0 saturated heterocycles. The number of hydrogen-bond donors (Lipinski definition) is 3. The lowest BCUT2D eigenvalue weighted by atomic mass is 10.1. The number of H-pyrrole nitrogens is 1. The molecule has 0 aliphatic rings. The highest BCUT2D eigenvalue weighted by Gasteiger charge is 2.18. The van der Waals surface area contributed by atoms with Crippen LogP contribution in [0.15, 0.2) is 35.1 Å². The highest BCUT2D eigenvalue weighted by Crippen LogP contribution is 2.34. The fraction of sp³-hybridized carbons (Fsp3) is 0.0667. The number of nitrogen functional groups attached to an aromatic ring is 1. The lowest BCUT2D eigenvalue weighted by Crippen LogP contribution is -2.11. The fourth-order valence-corrected chi connectivity index (χ4v) is 3.31. The number of aromatic nitrogens is 1. The van der Waals surface area contributed by atoms with Crippen LogP contribution in [0.25, 0.3) is 10.2 Å². The van der Waals surface area contributed by atoms with Crippen molar-refractivity contribution in [1.82, 2.24) is 4.98 Å². The number of fused-ring (bicyclic) bond motifs is 1. The Hall–Kier alpha value is -2.67. The van der Waals surface area contributed by atoms with Gasteiger partial charge in [-0.25, -0.2) is 4.39 Å². The molecule has 0 bridgehead atoms. The van der Waals surface area contributed by atoms with Crippen molar-refractivity contribution in [3.8, 4) is 0 Å². The van der Waals surface area contributed by atoms with E-state index in [0.717, 1.165) is 11.3 Å². The molecular weight excluding hydrogens is 305 g/mol. The van der Waals surface area contributed by atoms with Crippen LogP contribution in [0.2, 0.25) is 0 Å². The van der Waals surface area contributed by atoms with Crippen molar-refractivity contribution in [2.45, 2.75) is 6.92 Å². The van der Waals surface area contributed by atoms with Crippen LogP contribution in [-0.2, 0) is 0 Å². The number of anilines is 2. The normalized spacial score (nSPS) is 10.8. The molecule has 0 spiro atoms. The Bertz CT molecular complexity index is 928. The Kier molecular flexibility index (Phi) is 3.42. The standard InChI is InChI=1S/C15H12FN3O2S/c1-7-6-10(20)19-15-11(7)12(17)13(22-15)14(21)18-9-4-2-8(16)3-5-9/h2-6H,17H2,1H3,(H,18,21)(H,19,20). The Balaban J connectivity index is 2.01. The second-order valence-electron chi connectivity index (χ2n) is 4.83. The predicted octanol–water partition coefficient (Wildman–Crippen LogP) is 2.87. The number of carbonyl (C=O) groups excluding carboxylic acids is 1. The number of thiophene rings is 1. The molecule has 2 heterocycles. The average molecular weight is 317 g/mol. The van der Waals surface area contributed by atoms with Gasteiger partial charge in [0.15, 0.2) is 0 Å². The highest BCUT2D eigenvalue weighted by atomic mass is 32.1. The SMILES string of the molecule is Cc1cc(=O)[nH]c2sc(C(=O)Nc3ccc(F)cc3)c(N)c12. The number of carbonyl (C=O) groups is 1. The molecule has 1 aromatic carbocycles. The van der Waals surface area contributed by atoms with Crippen molar-refractivity contribution in [2.24, 2.45) is 0 Å². The van der Waals surface area contributed by atoms with Crippen LogP contribution < -0.4 is 16.6 Å². The average Bonchev–Trinajstić information content (AvgIpc) is 2.78. The minimum atomic E-state index is -0.398. The summed E-state index contributed by atoms with van der Waals surface area (Å²) in [6.07, 6.45) is 0. The van der Waals surface area contributed by atoms with Gasteiger partial charge >= 0.3 is 0 Å². The summed E-state index contributed by atoms with van der Waals surface area (Å²) < 4.78 is 12.9. The first-order chi connectivity index (χ1) is 10.5. The number of rotatable bonds is 2. The zero-order valence-electron chi connectivity index (χ0n) is 11.6. The molecule has 112 valence electrons. The third kappa shape index (κ3) is 2.46. The van der Waals surface area contributed by atoms with Gasteiger partial charge < -0.3 is 16.0 Å². The Morgan fingerprint density at radius 3 is 2.68 bits per heavy atom. The summed E-state index contributed by atoms with van der Waals surface area (Å²) in [7, 11) is 0. The van der Waals surface area contributed by atoms with Crippen LogP contribution >= 0.6 is 11.3 Å². The van der Waals surface area contributed by atoms with E-state index in [1.807, 2.05) is 0 Å². The molecule has 0 saturated carbocycles. The lowest BCUT2D eigenvalue weighted by molar-refractivity contribution is 0.103. The van der Waals surface area contributed by atoms with Gasteiger partial charge in [0.1, 0.15) is 15.5 Å². The van der Waals surface area contributed by atoms with Crippen LogP contribution in [0.1, 0.15) is 15.2 Å². The molecule has 5 nitrogen and oxygen atoms in total. The van der Waals surface area contributed by atoms with Crippen molar-refractivity contribution < 1.29 is 9.18 Å². The van der Waals surface area contributed by atoms with Gasteiger partial charge in [-0.3, -0.25) is 9.59 Å².